The molecule has 0 fully saturated rings. The molecule has 0 saturated heterocycles. The summed E-state index contributed by atoms with van der Waals surface area (Å²) in [7, 11) is 0. The molecule has 35 heavy (non-hydrogen) atoms. The van der Waals surface area contributed by atoms with Crippen molar-refractivity contribution in [3.05, 3.63) is 90.0 Å². The van der Waals surface area contributed by atoms with E-state index in [-0.39, 0.29) is 33.3 Å². The second kappa shape index (κ2) is 11.3. The zero-order chi connectivity index (χ0) is 24.7. The van der Waals surface area contributed by atoms with E-state index in [1.165, 1.54) is 12.1 Å². The Bertz CT molecular complexity index is 1080. The molecule has 0 heterocycles. The van der Waals surface area contributed by atoms with Crippen molar-refractivity contribution in [3.8, 4) is 0 Å². The SMILES string of the molecule is CC(C)(C)c1cc[c]([Sb]([c]2ccccc2)[c]2ccccc2C(O)(C(F)(F)F)C(F)(F)F)cc1.[Li+].[OH-]. The fourth-order valence-corrected chi connectivity index (χ4v) is 10.6. The molecule has 0 amide bonds. The third-order valence-electron chi connectivity index (χ3n) is 5.36. The summed E-state index contributed by atoms with van der Waals surface area (Å²) < 4.78 is 83.9. The van der Waals surface area contributed by atoms with Crippen molar-refractivity contribution in [2.24, 2.45) is 0 Å². The van der Waals surface area contributed by atoms with Gasteiger partial charge in [0.25, 0.3) is 0 Å². The number of halogens is 6. The van der Waals surface area contributed by atoms with Crippen LogP contribution in [0.25, 0.3) is 0 Å². The molecule has 0 atom stereocenters. The number of rotatable bonds is 4. The second-order valence-electron chi connectivity index (χ2n) is 8.69. The molecule has 0 saturated carbocycles. The molecule has 2 N–H and O–H groups in total. The van der Waals surface area contributed by atoms with Gasteiger partial charge >= 0.3 is 215 Å². The average Bonchev–Trinajstić information content (AvgIpc) is 2.73. The Morgan fingerprint density at radius 1 is 0.629 bits per heavy atom. The Morgan fingerprint density at radius 2 is 1.06 bits per heavy atom. The van der Waals surface area contributed by atoms with Crippen molar-refractivity contribution >= 4 is 30.7 Å². The smallest absolute Gasteiger partial charge is 0.870 e. The van der Waals surface area contributed by atoms with E-state index in [1.807, 2.05) is 32.9 Å². The zero-order valence-corrected chi connectivity index (χ0v) is 22.2. The Kier molecular flexibility index (Phi) is 10.2. The van der Waals surface area contributed by atoms with Crippen molar-refractivity contribution in [1.29, 1.82) is 0 Å². The third-order valence-corrected chi connectivity index (χ3v) is 12.5. The summed E-state index contributed by atoms with van der Waals surface area (Å²) in [6.45, 7) is 6.04. The average molecular weight is 599 g/mol. The molecular formula is C25H24F6LiO2Sb. The number of aliphatic hydroxyl groups is 1. The second-order valence-corrected chi connectivity index (χ2v) is 14.9. The summed E-state index contributed by atoms with van der Waals surface area (Å²) >= 11 is -3.42. The largest absolute Gasteiger partial charge is 1.00 e. The first-order valence-electron chi connectivity index (χ1n) is 10.1. The van der Waals surface area contributed by atoms with Crippen LogP contribution in [0.5, 0.6) is 0 Å². The number of benzene rings is 3. The van der Waals surface area contributed by atoms with E-state index in [0.29, 0.717) is 7.02 Å². The van der Waals surface area contributed by atoms with Crippen LogP contribution in [-0.2, 0) is 11.0 Å². The fourth-order valence-electron chi connectivity index (χ4n) is 3.56. The summed E-state index contributed by atoms with van der Waals surface area (Å²) in [4.78, 5) is 0. The summed E-state index contributed by atoms with van der Waals surface area (Å²) in [6, 6.07) is 20.4. The van der Waals surface area contributed by atoms with Crippen molar-refractivity contribution in [2.45, 2.75) is 44.1 Å². The standard InChI is InChI=1S/C10H13.C9H5F6O.C6H5.Li.H2O.Sb/c1-10(2,3)9-7-5-4-6-8-9;10-8(11,12)7(16,9(13,14)15)6-4-2-1-3-5-6;1-2-4-6-5-3-1;;;/h5-8H,1-3H3;1-4,16H;1-5H;;1H2;/q;;;+1;;/p-1. The van der Waals surface area contributed by atoms with Crippen LogP contribution in [0.1, 0.15) is 31.9 Å². The topological polar surface area (TPSA) is 50.2 Å². The van der Waals surface area contributed by atoms with Gasteiger partial charge in [0.1, 0.15) is 0 Å². The molecule has 0 aromatic heterocycles. The van der Waals surface area contributed by atoms with E-state index in [1.54, 1.807) is 42.5 Å². The van der Waals surface area contributed by atoms with Crippen molar-refractivity contribution in [3.63, 3.8) is 0 Å². The summed E-state index contributed by atoms with van der Waals surface area (Å²) in [6.07, 6.45) is -11.9. The predicted molar refractivity (Wildman–Crippen MR) is 121 cm³/mol. The Balaban J connectivity index is 0.00000306. The molecule has 0 aliphatic rings. The van der Waals surface area contributed by atoms with E-state index in [9.17, 15) is 31.4 Å². The molecule has 10 heteroatoms. The van der Waals surface area contributed by atoms with Gasteiger partial charge in [-0.3, -0.25) is 0 Å². The maximum Gasteiger partial charge on any atom is 1.00 e. The van der Waals surface area contributed by atoms with E-state index < -0.39 is 43.7 Å². The number of alkyl halides is 6. The number of hydrogen-bond donors (Lipinski definition) is 1. The molecule has 3 aromatic rings. The van der Waals surface area contributed by atoms with Gasteiger partial charge in [-0.2, -0.15) is 0 Å². The van der Waals surface area contributed by atoms with Crippen molar-refractivity contribution in [2.75, 3.05) is 0 Å². The van der Waals surface area contributed by atoms with Crippen LogP contribution in [0.2, 0.25) is 0 Å². The fraction of sp³-hybridized carbons (Fsp3) is 0.280. The Morgan fingerprint density at radius 3 is 1.51 bits per heavy atom. The predicted octanol–water partition coefficient (Wildman–Crippen LogP) is 1.64. The molecule has 0 radical (unpaired) electrons. The van der Waals surface area contributed by atoms with Gasteiger partial charge in [-0.15, -0.1) is 0 Å². The molecule has 3 rings (SSSR count). The quantitative estimate of drug-likeness (QED) is 0.367. The molecular weight excluding hydrogens is 575 g/mol. The van der Waals surface area contributed by atoms with Crippen LogP contribution in [-0.4, -0.2) is 43.1 Å². The van der Waals surface area contributed by atoms with Gasteiger partial charge in [0.15, 0.2) is 0 Å². The van der Waals surface area contributed by atoms with Gasteiger partial charge in [0.2, 0.25) is 0 Å². The first-order valence-corrected chi connectivity index (χ1v) is 13.9. The minimum Gasteiger partial charge on any atom is -0.870 e. The van der Waals surface area contributed by atoms with E-state index in [4.69, 9.17) is 0 Å². The first kappa shape index (κ1) is 31.6. The van der Waals surface area contributed by atoms with Crippen LogP contribution in [0, 0.1) is 0 Å². The summed E-state index contributed by atoms with van der Waals surface area (Å²) in [5, 5.41) is 10.2. The molecule has 0 aliphatic carbocycles. The maximum absolute atomic E-state index is 13.8. The van der Waals surface area contributed by atoms with Gasteiger partial charge in [-0.25, -0.2) is 0 Å². The molecule has 0 unspecified atom stereocenters. The molecule has 184 valence electrons. The maximum atomic E-state index is 13.8. The van der Waals surface area contributed by atoms with Crippen LogP contribution < -0.4 is 29.4 Å². The molecule has 3 aromatic carbocycles. The van der Waals surface area contributed by atoms with Gasteiger partial charge in [0.05, 0.1) is 0 Å². The van der Waals surface area contributed by atoms with Crippen LogP contribution >= 0.6 is 0 Å². The normalized spacial score (nSPS) is 12.7. The minimum absolute atomic E-state index is 0. The molecule has 0 bridgehead atoms. The Hall–Kier alpha value is -1.42. The van der Waals surface area contributed by atoms with Gasteiger partial charge < -0.3 is 5.48 Å². The minimum atomic E-state index is -5.94. The van der Waals surface area contributed by atoms with Crippen LogP contribution in [0.3, 0.4) is 0 Å². The van der Waals surface area contributed by atoms with Crippen molar-refractivity contribution < 1.29 is 55.8 Å². The van der Waals surface area contributed by atoms with Gasteiger partial charge in [0, 0.05) is 0 Å². The molecule has 2 nitrogen and oxygen atoms in total. The monoisotopic (exact) mass is 598 g/mol. The van der Waals surface area contributed by atoms with Crippen LogP contribution in [0.15, 0.2) is 78.9 Å². The van der Waals surface area contributed by atoms with E-state index in [0.717, 1.165) is 17.7 Å². The van der Waals surface area contributed by atoms with E-state index >= 15 is 0 Å². The summed E-state index contributed by atoms with van der Waals surface area (Å²) in [5.41, 5.74) is -5.30. The van der Waals surface area contributed by atoms with Gasteiger partial charge in [-0.05, 0) is 0 Å². The zero-order valence-electron chi connectivity index (χ0n) is 19.6. The molecule has 0 aliphatic heterocycles. The number of hydrogen-bond acceptors (Lipinski definition) is 2. The third kappa shape index (κ3) is 6.29. The van der Waals surface area contributed by atoms with Crippen molar-refractivity contribution in [1.82, 2.24) is 0 Å². The van der Waals surface area contributed by atoms with Crippen LogP contribution in [0.4, 0.5) is 26.3 Å². The van der Waals surface area contributed by atoms with E-state index in [2.05, 4.69) is 0 Å². The first-order chi connectivity index (χ1) is 15.2. The molecule has 0 spiro atoms. The summed E-state index contributed by atoms with van der Waals surface area (Å²) in [5.74, 6) is 0. The van der Waals surface area contributed by atoms with Gasteiger partial charge in [-0.1, -0.05) is 0 Å². The Labute approximate surface area is 219 Å².